The van der Waals surface area contributed by atoms with Crippen LogP contribution in [0, 0.1) is 0 Å². The molecule has 13 heavy (non-hydrogen) atoms. The van der Waals surface area contributed by atoms with E-state index >= 15 is 0 Å². The van der Waals surface area contributed by atoms with E-state index in [2.05, 4.69) is 5.82 Å². The number of aliphatic hydroxyl groups is 1. The first-order chi connectivity index (χ1) is 6.09. The minimum Gasteiger partial charge on any atom is -0.395 e. The molecular weight excluding hydrogens is 239 g/mol. The fourth-order valence-electron chi connectivity index (χ4n) is 0.368. The first kappa shape index (κ1) is 15.3. The van der Waals surface area contributed by atoms with Crippen molar-refractivity contribution in [3.8, 4) is 0 Å². The molecule has 0 bridgehead atoms. The van der Waals surface area contributed by atoms with Crippen molar-refractivity contribution in [3.63, 3.8) is 0 Å². The van der Waals surface area contributed by atoms with Gasteiger partial charge < -0.3 is 10.8 Å². The van der Waals surface area contributed by atoms with Gasteiger partial charge in [-0.1, -0.05) is 0 Å². The van der Waals surface area contributed by atoms with Crippen LogP contribution in [-0.2, 0) is 4.79 Å². The van der Waals surface area contributed by atoms with Gasteiger partial charge in [-0.3, -0.25) is 0 Å². The Labute approximate surface area is 84.6 Å². The number of aliphatic carboxylic acids is 1. The Bertz CT molecular complexity index is 122. The SMILES string of the molecule is C[Se]CC[C@H](N)C(=O)O.NCCO. The van der Waals surface area contributed by atoms with E-state index in [-0.39, 0.29) is 6.61 Å². The van der Waals surface area contributed by atoms with Crippen LogP contribution in [-0.4, -0.2) is 50.3 Å². The molecule has 0 spiro atoms. The van der Waals surface area contributed by atoms with Gasteiger partial charge >= 0.3 is 60.2 Å². The molecule has 0 saturated carbocycles. The van der Waals surface area contributed by atoms with Gasteiger partial charge in [0.1, 0.15) is 0 Å². The molecule has 0 saturated heterocycles. The van der Waals surface area contributed by atoms with Crippen molar-refractivity contribution < 1.29 is 15.0 Å². The molecule has 5 nitrogen and oxygen atoms in total. The number of hydrogen-bond acceptors (Lipinski definition) is 4. The zero-order valence-corrected chi connectivity index (χ0v) is 9.48. The summed E-state index contributed by atoms with van der Waals surface area (Å²) in [4.78, 5) is 10.1. The van der Waals surface area contributed by atoms with Crippen molar-refractivity contribution >= 4 is 20.9 Å². The molecule has 0 amide bonds. The molecule has 0 aliphatic carbocycles. The summed E-state index contributed by atoms with van der Waals surface area (Å²) in [5.74, 6) is 1.18. The van der Waals surface area contributed by atoms with Crippen LogP contribution in [0.3, 0.4) is 0 Å². The second-order valence-corrected chi connectivity index (χ2v) is 4.31. The molecule has 0 aromatic carbocycles. The van der Waals surface area contributed by atoms with Crippen LogP contribution in [0.4, 0.5) is 0 Å². The summed E-state index contributed by atoms with van der Waals surface area (Å²) >= 11 is 0.549. The Morgan fingerprint density at radius 2 is 2.08 bits per heavy atom. The van der Waals surface area contributed by atoms with E-state index in [4.69, 9.17) is 21.7 Å². The van der Waals surface area contributed by atoms with E-state index in [9.17, 15) is 4.79 Å². The van der Waals surface area contributed by atoms with Crippen LogP contribution >= 0.6 is 0 Å². The third-order valence-electron chi connectivity index (χ3n) is 1.08. The molecule has 1 atom stereocenters. The summed E-state index contributed by atoms with van der Waals surface area (Å²) in [6.07, 6.45) is 0.617. The number of carboxylic acids is 1. The quantitative estimate of drug-likeness (QED) is 0.467. The van der Waals surface area contributed by atoms with Crippen LogP contribution in [0.25, 0.3) is 0 Å². The van der Waals surface area contributed by atoms with E-state index < -0.39 is 12.0 Å². The van der Waals surface area contributed by atoms with Crippen LogP contribution in [0.15, 0.2) is 0 Å². The summed E-state index contributed by atoms with van der Waals surface area (Å²) in [5.41, 5.74) is 9.99. The Hall–Kier alpha value is -0.131. The van der Waals surface area contributed by atoms with Gasteiger partial charge in [-0.05, 0) is 0 Å². The molecule has 0 fully saturated rings. The zero-order valence-electron chi connectivity index (χ0n) is 7.77. The van der Waals surface area contributed by atoms with Crippen molar-refractivity contribution in [1.82, 2.24) is 0 Å². The molecule has 0 aromatic heterocycles. The predicted molar refractivity (Wildman–Crippen MR) is 52.8 cm³/mol. The average molecular weight is 257 g/mol. The van der Waals surface area contributed by atoms with Gasteiger partial charge in [0.15, 0.2) is 0 Å². The van der Waals surface area contributed by atoms with Crippen molar-refractivity contribution in [2.24, 2.45) is 11.5 Å². The van der Waals surface area contributed by atoms with E-state index in [1.165, 1.54) is 0 Å². The Balaban J connectivity index is 0. The van der Waals surface area contributed by atoms with Gasteiger partial charge in [-0.2, -0.15) is 0 Å². The summed E-state index contributed by atoms with van der Waals surface area (Å²) in [6, 6.07) is -0.646. The summed E-state index contributed by atoms with van der Waals surface area (Å²) in [5, 5.41) is 17.0. The number of rotatable bonds is 5. The second kappa shape index (κ2) is 11.9. The third kappa shape index (κ3) is 14.7. The summed E-state index contributed by atoms with van der Waals surface area (Å²) < 4.78 is 0. The number of nitrogens with two attached hydrogens (primary N) is 2. The number of aliphatic hydroxyl groups excluding tert-OH is 1. The Morgan fingerprint density at radius 3 is 2.31 bits per heavy atom. The van der Waals surface area contributed by atoms with Crippen molar-refractivity contribution in [2.75, 3.05) is 13.2 Å². The number of carboxylic acid groups (broad SMARTS) is 1. The summed E-state index contributed by atoms with van der Waals surface area (Å²) in [6.45, 7) is 0.472. The first-order valence-electron chi connectivity index (χ1n) is 3.88. The molecule has 0 heterocycles. The van der Waals surface area contributed by atoms with Crippen LogP contribution in [0.1, 0.15) is 6.42 Å². The topological polar surface area (TPSA) is 110 Å². The number of hydrogen-bond donors (Lipinski definition) is 4. The summed E-state index contributed by atoms with van der Waals surface area (Å²) in [7, 11) is 0. The van der Waals surface area contributed by atoms with E-state index in [1.807, 2.05) is 0 Å². The first-order valence-corrected chi connectivity index (χ1v) is 6.80. The Kier molecular flexibility index (Phi) is 14.0. The van der Waals surface area contributed by atoms with Gasteiger partial charge in [-0.25, -0.2) is 0 Å². The zero-order chi connectivity index (χ0) is 10.7. The largest absolute Gasteiger partial charge is 0.395 e. The van der Waals surface area contributed by atoms with Crippen LogP contribution in [0.5, 0.6) is 0 Å². The molecule has 0 unspecified atom stereocenters. The molecule has 0 rings (SSSR count). The van der Waals surface area contributed by atoms with Crippen molar-refractivity contribution in [1.29, 1.82) is 0 Å². The molecular formula is C7H18N2O3Se. The maximum atomic E-state index is 10.1. The minimum atomic E-state index is -0.890. The van der Waals surface area contributed by atoms with Gasteiger partial charge in [0.05, 0.1) is 6.61 Å². The normalized spacial score (nSPS) is 11.4. The van der Waals surface area contributed by atoms with Gasteiger partial charge in [0, 0.05) is 6.54 Å². The van der Waals surface area contributed by atoms with E-state index in [0.29, 0.717) is 27.9 Å². The van der Waals surface area contributed by atoms with E-state index in [1.54, 1.807) is 0 Å². The van der Waals surface area contributed by atoms with E-state index in [0.717, 1.165) is 5.32 Å². The van der Waals surface area contributed by atoms with Gasteiger partial charge in [0.2, 0.25) is 0 Å². The monoisotopic (exact) mass is 258 g/mol. The molecule has 0 aromatic rings. The maximum absolute atomic E-state index is 10.1. The fraction of sp³-hybridized carbons (Fsp3) is 0.857. The maximum Gasteiger partial charge on any atom is 0.0553 e. The smallest absolute Gasteiger partial charge is 0.0553 e. The van der Waals surface area contributed by atoms with Gasteiger partial charge in [0.25, 0.3) is 0 Å². The van der Waals surface area contributed by atoms with Crippen molar-refractivity contribution in [2.45, 2.75) is 23.6 Å². The molecule has 6 heteroatoms. The third-order valence-corrected chi connectivity index (χ3v) is 2.43. The molecule has 6 N–H and O–H groups in total. The molecule has 80 valence electrons. The number of carbonyl (C=O) groups is 1. The molecule has 0 aliphatic rings. The molecule has 0 radical (unpaired) electrons. The van der Waals surface area contributed by atoms with Crippen LogP contribution in [0.2, 0.25) is 11.1 Å². The fourth-order valence-corrected chi connectivity index (χ4v) is 1.40. The second-order valence-electron chi connectivity index (χ2n) is 2.24. The van der Waals surface area contributed by atoms with Crippen LogP contribution < -0.4 is 11.5 Å². The van der Waals surface area contributed by atoms with Crippen molar-refractivity contribution in [3.05, 3.63) is 0 Å². The Morgan fingerprint density at radius 1 is 1.62 bits per heavy atom. The molecule has 0 aliphatic heterocycles. The standard InChI is InChI=1S/C5H11NO2Se.C2H7NO/c1-9-3-2-4(6)5(7)8;3-1-2-4/h4H,2-3,6H2,1H3,(H,7,8);4H,1-3H2/t4-;/m0./s1. The van der Waals surface area contributed by atoms with Gasteiger partial charge in [-0.15, -0.1) is 0 Å². The average Bonchev–Trinajstić information content (AvgIpc) is 2.14. The predicted octanol–water partition coefficient (Wildman–Crippen LogP) is -1.10. The minimum absolute atomic E-state index is 0.0972.